The third-order valence-electron chi connectivity index (χ3n) is 4.06. The summed E-state index contributed by atoms with van der Waals surface area (Å²) in [5.41, 5.74) is 2.31. The van der Waals surface area contributed by atoms with Gasteiger partial charge in [0.1, 0.15) is 6.61 Å². The van der Waals surface area contributed by atoms with Crippen LogP contribution in [-0.4, -0.2) is 30.1 Å². The van der Waals surface area contributed by atoms with Gasteiger partial charge >= 0.3 is 6.09 Å². The molecule has 1 aliphatic heterocycles. The Kier molecular flexibility index (Phi) is 5.27. The van der Waals surface area contributed by atoms with Gasteiger partial charge in [-0.2, -0.15) is 0 Å². The van der Waals surface area contributed by atoms with E-state index < -0.39 is 0 Å². The summed E-state index contributed by atoms with van der Waals surface area (Å²) < 4.78 is 5.27. The lowest BCUT2D eigenvalue weighted by molar-refractivity contribution is 0.135. The predicted molar refractivity (Wildman–Crippen MR) is 89.9 cm³/mol. The molecule has 1 saturated heterocycles. The molecule has 23 heavy (non-hydrogen) atoms. The highest BCUT2D eigenvalue weighted by Gasteiger charge is 2.24. The lowest BCUT2D eigenvalue weighted by Crippen LogP contribution is -2.37. The Morgan fingerprint density at radius 1 is 1.04 bits per heavy atom. The average molecular weight is 310 g/mol. The van der Waals surface area contributed by atoms with Gasteiger partial charge in [-0.1, -0.05) is 60.7 Å². The van der Waals surface area contributed by atoms with Crippen molar-refractivity contribution >= 4 is 6.09 Å². The van der Waals surface area contributed by atoms with E-state index in [1.165, 1.54) is 5.56 Å². The third-order valence-corrected chi connectivity index (χ3v) is 4.06. The van der Waals surface area contributed by atoms with Crippen LogP contribution in [0.1, 0.15) is 17.5 Å². The zero-order valence-electron chi connectivity index (χ0n) is 13.2. The number of alkyl carbamates (subject to hydrolysis) is 1. The van der Waals surface area contributed by atoms with E-state index in [1.54, 1.807) is 0 Å². The number of likely N-dealkylation sites (tertiary alicyclic amines) is 1. The molecule has 0 spiro atoms. The molecule has 1 N–H and O–H groups in total. The van der Waals surface area contributed by atoms with Crippen LogP contribution in [0.25, 0.3) is 0 Å². The maximum Gasteiger partial charge on any atom is 0.407 e. The van der Waals surface area contributed by atoms with Gasteiger partial charge in [0.25, 0.3) is 0 Å². The first-order chi connectivity index (χ1) is 11.3. The second-order valence-corrected chi connectivity index (χ2v) is 5.91. The molecule has 1 amide bonds. The number of nitrogens with zero attached hydrogens (tertiary/aromatic N) is 1. The minimum absolute atomic E-state index is 0.169. The number of nitrogens with one attached hydrogen (secondary N) is 1. The van der Waals surface area contributed by atoms with Gasteiger partial charge in [-0.25, -0.2) is 4.79 Å². The van der Waals surface area contributed by atoms with Crippen LogP contribution in [0.3, 0.4) is 0 Å². The zero-order valence-corrected chi connectivity index (χ0v) is 13.2. The van der Waals surface area contributed by atoms with E-state index in [0.29, 0.717) is 6.61 Å². The Balaban J connectivity index is 1.40. The molecule has 0 bridgehead atoms. The van der Waals surface area contributed by atoms with E-state index >= 15 is 0 Å². The lowest BCUT2D eigenvalue weighted by atomic mass is 10.2. The van der Waals surface area contributed by atoms with E-state index in [2.05, 4.69) is 34.5 Å². The summed E-state index contributed by atoms with van der Waals surface area (Å²) in [5, 5.41) is 2.96. The van der Waals surface area contributed by atoms with E-state index in [1.807, 2.05) is 36.4 Å². The Bertz CT molecular complexity index is 616. The number of hydrogen-bond acceptors (Lipinski definition) is 3. The first-order valence-corrected chi connectivity index (χ1v) is 8.03. The number of benzene rings is 2. The van der Waals surface area contributed by atoms with Crippen molar-refractivity contribution in [2.24, 2.45) is 0 Å². The SMILES string of the molecule is O=C(N[C@@H]1CCN(Cc2ccccc2)C1)OCc1ccccc1. The molecule has 0 unspecified atom stereocenters. The summed E-state index contributed by atoms with van der Waals surface area (Å²) in [6.45, 7) is 3.11. The van der Waals surface area contributed by atoms with Gasteiger partial charge in [0.15, 0.2) is 0 Å². The van der Waals surface area contributed by atoms with E-state index in [0.717, 1.165) is 31.6 Å². The predicted octanol–water partition coefficient (Wildman–Crippen LogP) is 3.19. The van der Waals surface area contributed by atoms with Crippen LogP contribution < -0.4 is 5.32 Å². The fourth-order valence-electron chi connectivity index (χ4n) is 2.87. The van der Waals surface area contributed by atoms with Gasteiger partial charge in [0.05, 0.1) is 0 Å². The maximum absolute atomic E-state index is 11.9. The van der Waals surface area contributed by atoms with E-state index in [-0.39, 0.29) is 12.1 Å². The smallest absolute Gasteiger partial charge is 0.407 e. The van der Waals surface area contributed by atoms with Crippen LogP contribution in [0.2, 0.25) is 0 Å². The van der Waals surface area contributed by atoms with Gasteiger partial charge in [0, 0.05) is 25.7 Å². The standard InChI is InChI=1S/C19H22N2O2/c22-19(23-15-17-9-5-2-6-10-17)20-18-11-12-21(14-18)13-16-7-3-1-4-8-16/h1-10,18H,11-15H2,(H,20,22)/t18-/m1/s1. The number of amides is 1. The molecule has 2 aromatic carbocycles. The van der Waals surface area contributed by atoms with Crippen molar-refractivity contribution in [3.8, 4) is 0 Å². The second kappa shape index (κ2) is 7.79. The highest BCUT2D eigenvalue weighted by Crippen LogP contribution is 2.13. The lowest BCUT2D eigenvalue weighted by Gasteiger charge is -2.16. The Labute approximate surface area is 137 Å². The van der Waals surface area contributed by atoms with Gasteiger partial charge in [0.2, 0.25) is 0 Å². The molecule has 4 heteroatoms. The Morgan fingerprint density at radius 2 is 1.70 bits per heavy atom. The summed E-state index contributed by atoms with van der Waals surface area (Å²) >= 11 is 0. The van der Waals surface area contributed by atoms with Gasteiger partial charge in [-0.05, 0) is 17.5 Å². The number of hydrogen-bond donors (Lipinski definition) is 1. The second-order valence-electron chi connectivity index (χ2n) is 5.91. The highest BCUT2D eigenvalue weighted by atomic mass is 16.5. The summed E-state index contributed by atoms with van der Waals surface area (Å²) in [6.07, 6.45) is 0.633. The maximum atomic E-state index is 11.9. The summed E-state index contributed by atoms with van der Waals surface area (Å²) in [7, 11) is 0. The van der Waals surface area contributed by atoms with Crippen LogP contribution in [-0.2, 0) is 17.9 Å². The molecule has 3 rings (SSSR count). The normalized spacial score (nSPS) is 17.8. The fourth-order valence-corrected chi connectivity index (χ4v) is 2.87. The van der Waals surface area contributed by atoms with E-state index in [9.17, 15) is 4.79 Å². The molecule has 0 aliphatic carbocycles. The summed E-state index contributed by atoms with van der Waals surface area (Å²) in [4.78, 5) is 14.2. The third kappa shape index (κ3) is 4.83. The van der Waals surface area contributed by atoms with Crippen molar-refractivity contribution in [2.75, 3.05) is 13.1 Å². The quantitative estimate of drug-likeness (QED) is 0.922. The molecule has 0 aromatic heterocycles. The van der Waals surface area contributed by atoms with Crippen molar-refractivity contribution in [2.45, 2.75) is 25.6 Å². The Morgan fingerprint density at radius 3 is 2.39 bits per heavy atom. The molecule has 4 nitrogen and oxygen atoms in total. The van der Waals surface area contributed by atoms with Gasteiger partial charge in [-0.15, -0.1) is 0 Å². The van der Waals surface area contributed by atoms with Crippen LogP contribution in [0.5, 0.6) is 0 Å². The topological polar surface area (TPSA) is 41.6 Å². The first kappa shape index (κ1) is 15.6. The van der Waals surface area contributed by atoms with Crippen LogP contribution >= 0.6 is 0 Å². The molecule has 0 radical (unpaired) electrons. The molecular weight excluding hydrogens is 288 g/mol. The summed E-state index contributed by atoms with van der Waals surface area (Å²) in [5.74, 6) is 0. The fraction of sp³-hybridized carbons (Fsp3) is 0.316. The minimum Gasteiger partial charge on any atom is -0.445 e. The van der Waals surface area contributed by atoms with Crippen molar-refractivity contribution in [1.82, 2.24) is 10.2 Å². The van der Waals surface area contributed by atoms with Crippen molar-refractivity contribution in [1.29, 1.82) is 0 Å². The minimum atomic E-state index is -0.333. The monoisotopic (exact) mass is 310 g/mol. The van der Waals surface area contributed by atoms with Gasteiger partial charge in [-0.3, -0.25) is 4.90 Å². The molecule has 2 aromatic rings. The van der Waals surface area contributed by atoms with Crippen LogP contribution in [0, 0.1) is 0 Å². The molecular formula is C19H22N2O2. The van der Waals surface area contributed by atoms with Gasteiger partial charge < -0.3 is 10.1 Å². The number of ether oxygens (including phenoxy) is 1. The zero-order chi connectivity index (χ0) is 15.9. The van der Waals surface area contributed by atoms with Crippen molar-refractivity contribution in [3.05, 3.63) is 71.8 Å². The van der Waals surface area contributed by atoms with Crippen LogP contribution in [0.15, 0.2) is 60.7 Å². The van der Waals surface area contributed by atoms with Crippen molar-refractivity contribution < 1.29 is 9.53 Å². The highest BCUT2D eigenvalue weighted by molar-refractivity contribution is 5.67. The molecule has 120 valence electrons. The summed E-state index contributed by atoms with van der Waals surface area (Å²) in [6, 6.07) is 20.3. The molecule has 1 aliphatic rings. The van der Waals surface area contributed by atoms with E-state index in [4.69, 9.17) is 4.74 Å². The molecule has 1 fully saturated rings. The number of carbonyl (C=O) groups is 1. The average Bonchev–Trinajstić information content (AvgIpc) is 3.02. The molecule has 1 heterocycles. The van der Waals surface area contributed by atoms with Crippen LogP contribution in [0.4, 0.5) is 4.79 Å². The Hall–Kier alpha value is -2.33. The first-order valence-electron chi connectivity index (χ1n) is 8.03. The van der Waals surface area contributed by atoms with Crippen molar-refractivity contribution in [3.63, 3.8) is 0 Å². The largest absolute Gasteiger partial charge is 0.445 e. The molecule has 0 saturated carbocycles. The number of carbonyl (C=O) groups excluding carboxylic acids is 1. The number of rotatable bonds is 5. The molecule has 1 atom stereocenters.